The molecule has 0 bridgehead atoms. The molecule has 4 heteroatoms. The minimum absolute atomic E-state index is 0.00325. The molecule has 1 aromatic rings. The molecule has 23 heavy (non-hydrogen) atoms. The Morgan fingerprint density at radius 2 is 1.61 bits per heavy atom. The Morgan fingerprint density at radius 3 is 2.13 bits per heavy atom. The Morgan fingerprint density at radius 1 is 1.00 bits per heavy atom. The number of carbonyl (C=O) groups is 2. The van der Waals surface area contributed by atoms with E-state index in [0.717, 1.165) is 36.3 Å². The molecule has 1 amide bonds. The van der Waals surface area contributed by atoms with Crippen LogP contribution in [0.5, 0.6) is 0 Å². The zero-order valence-electron chi connectivity index (χ0n) is 13.3. The molecule has 3 aliphatic rings. The van der Waals surface area contributed by atoms with E-state index >= 15 is 0 Å². The van der Waals surface area contributed by atoms with Crippen molar-refractivity contribution >= 4 is 11.9 Å². The summed E-state index contributed by atoms with van der Waals surface area (Å²) in [5.74, 6) is 0.547. The molecule has 0 heterocycles. The van der Waals surface area contributed by atoms with Gasteiger partial charge in [-0.1, -0.05) is 24.3 Å². The van der Waals surface area contributed by atoms with E-state index in [-0.39, 0.29) is 11.8 Å². The number of carbonyl (C=O) groups excluding carboxylic acids is 1. The van der Waals surface area contributed by atoms with Crippen molar-refractivity contribution in [3.63, 3.8) is 0 Å². The van der Waals surface area contributed by atoms with Crippen LogP contribution in [0.4, 0.5) is 0 Å². The molecule has 0 aromatic heterocycles. The highest BCUT2D eigenvalue weighted by molar-refractivity contribution is 5.89. The number of hydrogen-bond acceptors (Lipinski definition) is 2. The summed E-state index contributed by atoms with van der Waals surface area (Å²) in [5, 5.41) is 12.7. The van der Waals surface area contributed by atoms with Gasteiger partial charge in [0.2, 0.25) is 5.91 Å². The molecular formula is C19H23NO3. The van der Waals surface area contributed by atoms with Gasteiger partial charge < -0.3 is 10.4 Å². The number of amides is 1. The number of nitrogens with one attached hydrogen (secondary N) is 1. The number of fused-ring (bicyclic) bond motifs is 2. The van der Waals surface area contributed by atoms with Crippen LogP contribution in [0, 0.1) is 17.8 Å². The third-order valence-electron chi connectivity index (χ3n) is 6.29. The Kier molecular flexibility index (Phi) is 3.43. The first-order valence-corrected chi connectivity index (χ1v) is 8.69. The van der Waals surface area contributed by atoms with Crippen molar-refractivity contribution in [2.45, 2.75) is 50.5 Å². The van der Waals surface area contributed by atoms with E-state index in [4.69, 9.17) is 0 Å². The van der Waals surface area contributed by atoms with Crippen molar-refractivity contribution in [2.24, 2.45) is 17.8 Å². The highest BCUT2D eigenvalue weighted by atomic mass is 16.4. The van der Waals surface area contributed by atoms with Crippen molar-refractivity contribution in [3.05, 3.63) is 35.4 Å². The highest BCUT2D eigenvalue weighted by Crippen LogP contribution is 2.47. The molecule has 0 aliphatic heterocycles. The fraction of sp³-hybridized carbons (Fsp3) is 0.579. The van der Waals surface area contributed by atoms with Gasteiger partial charge in [0.05, 0.1) is 0 Å². The highest BCUT2D eigenvalue weighted by Gasteiger charge is 2.47. The zero-order valence-corrected chi connectivity index (χ0v) is 13.3. The van der Waals surface area contributed by atoms with Gasteiger partial charge in [-0.15, -0.1) is 0 Å². The summed E-state index contributed by atoms with van der Waals surface area (Å²) in [4.78, 5) is 24.6. The topological polar surface area (TPSA) is 66.4 Å². The quantitative estimate of drug-likeness (QED) is 0.901. The molecule has 3 unspecified atom stereocenters. The van der Waals surface area contributed by atoms with Crippen molar-refractivity contribution in [1.29, 1.82) is 0 Å². The first kappa shape index (κ1) is 14.7. The Hall–Kier alpha value is -1.84. The number of carboxylic acids is 1. The second-order valence-electron chi connectivity index (χ2n) is 7.61. The molecule has 0 spiro atoms. The predicted molar refractivity (Wildman–Crippen MR) is 85.9 cm³/mol. The van der Waals surface area contributed by atoms with E-state index < -0.39 is 11.5 Å². The summed E-state index contributed by atoms with van der Waals surface area (Å²) < 4.78 is 0. The lowest BCUT2D eigenvalue weighted by Crippen LogP contribution is -2.57. The predicted octanol–water partition coefficient (Wildman–Crippen LogP) is 2.55. The summed E-state index contributed by atoms with van der Waals surface area (Å²) in [6.45, 7) is 0. The minimum Gasteiger partial charge on any atom is -0.479 e. The molecule has 1 aromatic carbocycles. The van der Waals surface area contributed by atoms with Crippen LogP contribution >= 0.6 is 0 Å². The molecule has 0 radical (unpaired) electrons. The molecule has 2 fully saturated rings. The van der Waals surface area contributed by atoms with Crippen molar-refractivity contribution in [2.75, 3.05) is 0 Å². The first-order chi connectivity index (χ1) is 11.1. The van der Waals surface area contributed by atoms with E-state index in [1.807, 2.05) is 24.3 Å². The van der Waals surface area contributed by atoms with Crippen LogP contribution in [0.25, 0.3) is 0 Å². The fourth-order valence-electron chi connectivity index (χ4n) is 4.71. The van der Waals surface area contributed by atoms with Crippen molar-refractivity contribution < 1.29 is 14.7 Å². The maximum absolute atomic E-state index is 12.7. The molecule has 4 rings (SSSR count). The van der Waals surface area contributed by atoms with Crippen LogP contribution < -0.4 is 5.32 Å². The molecule has 4 nitrogen and oxygen atoms in total. The maximum atomic E-state index is 12.7. The molecule has 3 aliphatic carbocycles. The van der Waals surface area contributed by atoms with Crippen LogP contribution in [0.3, 0.4) is 0 Å². The first-order valence-electron chi connectivity index (χ1n) is 8.69. The molecule has 2 saturated carbocycles. The van der Waals surface area contributed by atoms with E-state index in [1.165, 1.54) is 12.8 Å². The smallest absolute Gasteiger partial charge is 0.330 e. The normalized spacial score (nSPS) is 30.7. The van der Waals surface area contributed by atoms with Gasteiger partial charge in [-0.2, -0.15) is 0 Å². The number of benzene rings is 1. The summed E-state index contributed by atoms with van der Waals surface area (Å²) in [7, 11) is 0. The third-order valence-corrected chi connectivity index (χ3v) is 6.29. The molecule has 122 valence electrons. The maximum Gasteiger partial charge on any atom is 0.330 e. The third kappa shape index (κ3) is 2.44. The summed E-state index contributed by atoms with van der Waals surface area (Å²) in [6, 6.07) is 7.78. The standard InChI is InChI=1S/C19H23NO3/c21-17(14-8-6-12-5-7-13(12)9-14)20-19(18(22)23)10-15-3-1-2-4-16(15)11-19/h1-4,12-14H,5-11H2,(H,20,21)(H,22,23). The average molecular weight is 313 g/mol. The lowest BCUT2D eigenvalue weighted by atomic mass is 9.62. The lowest BCUT2D eigenvalue weighted by Gasteiger charge is -2.43. The zero-order chi connectivity index (χ0) is 16.0. The molecular weight excluding hydrogens is 290 g/mol. The average Bonchev–Trinajstić information content (AvgIpc) is 2.88. The van der Waals surface area contributed by atoms with Crippen LogP contribution in [-0.2, 0) is 22.4 Å². The summed E-state index contributed by atoms with van der Waals surface area (Å²) in [5.41, 5.74) is 0.924. The van der Waals surface area contributed by atoms with Gasteiger partial charge in [0.15, 0.2) is 0 Å². The van der Waals surface area contributed by atoms with Crippen molar-refractivity contribution in [3.8, 4) is 0 Å². The van der Waals surface area contributed by atoms with Gasteiger partial charge in [0.1, 0.15) is 5.54 Å². The minimum atomic E-state index is -1.16. The second-order valence-corrected chi connectivity index (χ2v) is 7.61. The van der Waals surface area contributed by atoms with E-state index in [9.17, 15) is 14.7 Å². The van der Waals surface area contributed by atoms with Crippen LogP contribution in [-0.4, -0.2) is 22.5 Å². The van der Waals surface area contributed by atoms with Crippen molar-refractivity contribution in [1.82, 2.24) is 5.32 Å². The lowest BCUT2D eigenvalue weighted by molar-refractivity contribution is -0.148. The van der Waals surface area contributed by atoms with E-state index in [0.29, 0.717) is 18.8 Å². The largest absolute Gasteiger partial charge is 0.479 e. The summed E-state index contributed by atoms with van der Waals surface area (Å²) >= 11 is 0. The molecule has 3 atom stereocenters. The fourth-order valence-corrected chi connectivity index (χ4v) is 4.71. The molecule has 2 N–H and O–H groups in total. The second kappa shape index (κ2) is 5.36. The Bertz CT molecular complexity index is 629. The van der Waals surface area contributed by atoms with Crippen LogP contribution in [0.15, 0.2) is 24.3 Å². The van der Waals surface area contributed by atoms with Gasteiger partial charge >= 0.3 is 5.97 Å². The SMILES string of the molecule is O=C(NC1(C(=O)O)Cc2ccccc2C1)C1CCC2CCC2C1. The summed E-state index contributed by atoms with van der Waals surface area (Å²) in [6.07, 6.45) is 6.32. The van der Waals surface area contributed by atoms with E-state index in [2.05, 4.69) is 5.32 Å². The number of rotatable bonds is 3. The Labute approximate surface area is 136 Å². The van der Waals surface area contributed by atoms with Crippen LogP contribution in [0.1, 0.15) is 43.2 Å². The number of carboxylic acid groups (broad SMARTS) is 1. The van der Waals surface area contributed by atoms with Crippen LogP contribution in [0.2, 0.25) is 0 Å². The van der Waals surface area contributed by atoms with Gasteiger partial charge in [0, 0.05) is 18.8 Å². The number of hydrogen-bond donors (Lipinski definition) is 2. The monoisotopic (exact) mass is 313 g/mol. The van der Waals surface area contributed by atoms with Gasteiger partial charge in [-0.05, 0) is 55.1 Å². The number of aliphatic carboxylic acids is 1. The van der Waals surface area contributed by atoms with E-state index in [1.54, 1.807) is 0 Å². The van der Waals surface area contributed by atoms with Gasteiger partial charge in [0.25, 0.3) is 0 Å². The van der Waals surface area contributed by atoms with Gasteiger partial charge in [-0.25, -0.2) is 4.79 Å². The molecule has 0 saturated heterocycles. The van der Waals surface area contributed by atoms with Gasteiger partial charge in [-0.3, -0.25) is 4.79 Å². The Balaban J connectivity index is 1.49.